The summed E-state index contributed by atoms with van der Waals surface area (Å²) in [4.78, 5) is 39.1. The van der Waals surface area contributed by atoms with Crippen LogP contribution in [0.4, 0.5) is 16.4 Å². The van der Waals surface area contributed by atoms with Gasteiger partial charge in [-0.3, -0.25) is 19.9 Å². The first-order valence-electron chi connectivity index (χ1n) is 10.7. The second-order valence-electron chi connectivity index (χ2n) is 7.75. The van der Waals surface area contributed by atoms with E-state index in [0.29, 0.717) is 23.1 Å². The molecule has 2 aromatic heterocycles. The molecule has 2 aliphatic rings. The van der Waals surface area contributed by atoms with Crippen LogP contribution in [0.3, 0.4) is 0 Å². The number of benzene rings is 1. The molecule has 0 bridgehead atoms. The zero-order valence-corrected chi connectivity index (χ0v) is 18.6. The summed E-state index contributed by atoms with van der Waals surface area (Å²) in [5.74, 6) is 0.221. The van der Waals surface area contributed by atoms with Gasteiger partial charge in [0.05, 0.1) is 10.6 Å². The minimum atomic E-state index is -0.389. The van der Waals surface area contributed by atoms with Crippen LogP contribution in [-0.2, 0) is 24.2 Å². The van der Waals surface area contributed by atoms with Gasteiger partial charge in [0.15, 0.2) is 0 Å². The average Bonchev–Trinajstić information content (AvgIpc) is 3.16. The molecular weight excluding hydrogens is 436 g/mol. The third-order valence-corrected chi connectivity index (χ3v) is 6.37. The lowest BCUT2D eigenvalue weighted by molar-refractivity contribution is -0.115. The number of nitrogens with one attached hydrogen (secondary N) is 2. The normalized spacial score (nSPS) is 16.6. The van der Waals surface area contributed by atoms with Crippen molar-refractivity contribution in [2.45, 2.75) is 19.4 Å². The Morgan fingerprint density at radius 2 is 2.03 bits per heavy atom. The molecule has 1 saturated heterocycles. The maximum Gasteiger partial charge on any atom is 0.290 e. The SMILES string of the molecule is O=C1NC(=O)/C(=C/c2ccnc(N3CCc4c(cccc4NCCc4ccccn4)C3)n2)S1. The summed E-state index contributed by atoms with van der Waals surface area (Å²) in [6, 6.07) is 14.0. The van der Waals surface area contributed by atoms with Crippen molar-refractivity contribution in [2.24, 2.45) is 0 Å². The Labute approximate surface area is 195 Å². The lowest BCUT2D eigenvalue weighted by Gasteiger charge is -2.30. The number of rotatable bonds is 6. The molecule has 0 saturated carbocycles. The van der Waals surface area contributed by atoms with Crippen LogP contribution in [-0.4, -0.2) is 39.2 Å². The first kappa shape index (κ1) is 21.1. The van der Waals surface area contributed by atoms with Crippen molar-refractivity contribution >= 4 is 40.6 Å². The lowest BCUT2D eigenvalue weighted by Crippen LogP contribution is -2.32. The van der Waals surface area contributed by atoms with Gasteiger partial charge in [-0.1, -0.05) is 18.2 Å². The number of thioether (sulfide) groups is 1. The molecule has 1 aromatic carbocycles. The summed E-state index contributed by atoms with van der Waals surface area (Å²) in [6.07, 6.45) is 6.87. The van der Waals surface area contributed by atoms with Crippen molar-refractivity contribution in [3.8, 4) is 0 Å². The van der Waals surface area contributed by atoms with E-state index in [1.54, 1.807) is 18.3 Å². The number of aromatic nitrogens is 3. The highest BCUT2D eigenvalue weighted by Gasteiger charge is 2.25. The van der Waals surface area contributed by atoms with E-state index in [0.717, 1.165) is 49.1 Å². The summed E-state index contributed by atoms with van der Waals surface area (Å²) < 4.78 is 0. The Bertz CT molecular complexity index is 1230. The van der Waals surface area contributed by atoms with Gasteiger partial charge in [-0.2, -0.15) is 0 Å². The third-order valence-electron chi connectivity index (χ3n) is 5.56. The molecule has 0 spiro atoms. The number of anilines is 2. The number of nitrogens with zero attached hydrogens (tertiary/aromatic N) is 4. The first-order chi connectivity index (χ1) is 16.2. The van der Waals surface area contributed by atoms with Gasteiger partial charge >= 0.3 is 0 Å². The molecule has 3 aromatic rings. The molecule has 0 radical (unpaired) electrons. The maximum absolute atomic E-state index is 11.8. The number of amides is 2. The summed E-state index contributed by atoms with van der Waals surface area (Å²) >= 11 is 0.884. The van der Waals surface area contributed by atoms with Gasteiger partial charge in [0, 0.05) is 49.8 Å². The summed E-state index contributed by atoms with van der Waals surface area (Å²) in [6.45, 7) is 2.32. The number of carbonyl (C=O) groups excluding carboxylic acids is 2. The number of fused-ring (bicyclic) bond motifs is 1. The van der Waals surface area contributed by atoms with Crippen molar-refractivity contribution in [1.82, 2.24) is 20.3 Å². The molecule has 2 amide bonds. The van der Waals surface area contributed by atoms with Crippen LogP contribution >= 0.6 is 11.8 Å². The van der Waals surface area contributed by atoms with Crippen LogP contribution in [0.5, 0.6) is 0 Å². The van der Waals surface area contributed by atoms with Crippen LogP contribution in [0, 0.1) is 0 Å². The van der Waals surface area contributed by atoms with E-state index in [9.17, 15) is 9.59 Å². The van der Waals surface area contributed by atoms with E-state index in [1.165, 1.54) is 11.1 Å². The average molecular weight is 459 g/mol. The smallest absolute Gasteiger partial charge is 0.290 e. The van der Waals surface area contributed by atoms with Crippen molar-refractivity contribution in [2.75, 3.05) is 23.3 Å². The van der Waals surface area contributed by atoms with Gasteiger partial charge in [0.2, 0.25) is 5.95 Å². The number of hydrogen-bond acceptors (Lipinski definition) is 8. The highest BCUT2D eigenvalue weighted by atomic mass is 32.2. The predicted octanol–water partition coefficient (Wildman–Crippen LogP) is 3.41. The molecule has 33 heavy (non-hydrogen) atoms. The van der Waals surface area contributed by atoms with Crippen LogP contribution in [0.2, 0.25) is 0 Å². The number of pyridine rings is 1. The van der Waals surface area contributed by atoms with Gasteiger partial charge < -0.3 is 10.2 Å². The van der Waals surface area contributed by atoms with Crippen molar-refractivity contribution in [3.05, 3.63) is 82.3 Å². The molecule has 0 unspecified atom stereocenters. The highest BCUT2D eigenvalue weighted by Crippen LogP contribution is 2.29. The summed E-state index contributed by atoms with van der Waals surface area (Å²) in [5.41, 5.74) is 5.41. The van der Waals surface area contributed by atoms with Crippen molar-refractivity contribution < 1.29 is 9.59 Å². The standard InChI is InChI=1S/C24H22N6O2S/c31-22-21(33-24(32)29-22)14-18-8-12-27-23(28-18)30-13-9-19-16(15-30)4-3-6-20(19)26-11-7-17-5-1-2-10-25-17/h1-6,8,10,12,14,26H,7,9,11,13,15H2,(H,29,31,32)/b21-14-. The van der Waals surface area contributed by atoms with E-state index in [-0.39, 0.29) is 11.1 Å². The van der Waals surface area contributed by atoms with Crippen LogP contribution in [0.25, 0.3) is 6.08 Å². The van der Waals surface area contributed by atoms with Crippen LogP contribution in [0.1, 0.15) is 22.5 Å². The number of carbonyl (C=O) groups is 2. The molecule has 0 aliphatic carbocycles. The molecule has 166 valence electrons. The highest BCUT2D eigenvalue weighted by molar-refractivity contribution is 8.18. The zero-order chi connectivity index (χ0) is 22.6. The van der Waals surface area contributed by atoms with E-state index >= 15 is 0 Å². The molecule has 8 nitrogen and oxygen atoms in total. The second kappa shape index (κ2) is 9.41. The monoisotopic (exact) mass is 458 g/mol. The Balaban J connectivity index is 1.28. The Morgan fingerprint density at radius 1 is 1.09 bits per heavy atom. The van der Waals surface area contributed by atoms with E-state index < -0.39 is 0 Å². The van der Waals surface area contributed by atoms with Crippen LogP contribution < -0.4 is 15.5 Å². The van der Waals surface area contributed by atoms with Gasteiger partial charge in [-0.25, -0.2) is 9.97 Å². The number of hydrogen-bond donors (Lipinski definition) is 2. The fraction of sp³-hybridized carbons (Fsp3) is 0.208. The Kier molecular flexibility index (Phi) is 6.03. The molecule has 9 heteroatoms. The van der Waals surface area contributed by atoms with E-state index in [2.05, 4.69) is 48.7 Å². The Morgan fingerprint density at radius 3 is 2.85 bits per heavy atom. The number of imide groups is 1. The van der Waals surface area contributed by atoms with Gasteiger partial charge in [-0.15, -0.1) is 0 Å². The molecule has 1 fully saturated rings. The molecule has 2 N–H and O–H groups in total. The topological polar surface area (TPSA) is 100 Å². The zero-order valence-electron chi connectivity index (χ0n) is 17.8. The Hall–Kier alpha value is -3.72. The molecule has 2 aliphatic heterocycles. The lowest BCUT2D eigenvalue weighted by atomic mass is 9.98. The first-order valence-corrected chi connectivity index (χ1v) is 11.5. The van der Waals surface area contributed by atoms with Gasteiger partial charge in [0.25, 0.3) is 11.1 Å². The molecular formula is C24H22N6O2S. The fourth-order valence-corrected chi connectivity index (χ4v) is 4.63. The molecule has 4 heterocycles. The minimum absolute atomic E-state index is 0.343. The van der Waals surface area contributed by atoms with Crippen molar-refractivity contribution in [1.29, 1.82) is 0 Å². The quantitative estimate of drug-likeness (QED) is 0.542. The third kappa shape index (κ3) is 4.88. The summed E-state index contributed by atoms with van der Waals surface area (Å²) in [7, 11) is 0. The minimum Gasteiger partial charge on any atom is -0.384 e. The van der Waals surface area contributed by atoms with Gasteiger partial charge in [-0.05, 0) is 59.7 Å². The van der Waals surface area contributed by atoms with E-state index in [4.69, 9.17) is 0 Å². The maximum atomic E-state index is 11.8. The fourth-order valence-electron chi connectivity index (χ4n) is 3.97. The molecule has 0 atom stereocenters. The second-order valence-corrected chi connectivity index (χ2v) is 8.76. The largest absolute Gasteiger partial charge is 0.384 e. The van der Waals surface area contributed by atoms with E-state index in [1.807, 2.05) is 24.4 Å². The van der Waals surface area contributed by atoms with Gasteiger partial charge in [0.1, 0.15) is 0 Å². The summed E-state index contributed by atoms with van der Waals surface area (Å²) in [5, 5.41) is 5.46. The predicted molar refractivity (Wildman–Crippen MR) is 129 cm³/mol. The molecule has 5 rings (SSSR count). The van der Waals surface area contributed by atoms with Crippen molar-refractivity contribution in [3.63, 3.8) is 0 Å². The van der Waals surface area contributed by atoms with Crippen LogP contribution in [0.15, 0.2) is 59.8 Å².